The Kier molecular flexibility index (Phi) is 5.19. The fourth-order valence-electron chi connectivity index (χ4n) is 3.16. The van der Waals surface area contributed by atoms with E-state index < -0.39 is 11.7 Å². The Hall–Kier alpha value is -1.75. The summed E-state index contributed by atoms with van der Waals surface area (Å²) >= 11 is 0. The van der Waals surface area contributed by atoms with Gasteiger partial charge in [-0.1, -0.05) is 6.42 Å². The van der Waals surface area contributed by atoms with E-state index in [0.717, 1.165) is 36.3 Å². The zero-order valence-electron chi connectivity index (χ0n) is 14.6. The minimum Gasteiger partial charge on any atom is -0.496 e. The molecule has 0 unspecified atom stereocenters. The van der Waals surface area contributed by atoms with Crippen molar-refractivity contribution < 1.29 is 14.3 Å². The summed E-state index contributed by atoms with van der Waals surface area (Å²) in [6.07, 6.45) is 3.90. The normalized spacial score (nSPS) is 16.4. The van der Waals surface area contributed by atoms with E-state index in [1.54, 1.807) is 7.11 Å². The van der Waals surface area contributed by atoms with Gasteiger partial charge < -0.3 is 15.2 Å². The largest absolute Gasteiger partial charge is 0.496 e. The number of carbonyl (C=O) groups excluding carboxylic acids is 1. The topological polar surface area (TPSA) is 73.6 Å². The number of ether oxygens (including phenoxy) is 2. The Morgan fingerprint density at radius 2 is 2.04 bits per heavy atom. The number of rotatable bonds is 5. The van der Waals surface area contributed by atoms with Crippen molar-refractivity contribution in [3.8, 4) is 5.75 Å². The maximum Gasteiger partial charge on any atom is 0.412 e. The molecule has 1 fully saturated rings. The third-order valence-electron chi connectivity index (χ3n) is 4.35. The average molecular weight is 320 g/mol. The second-order valence-corrected chi connectivity index (χ2v) is 7.21. The zero-order valence-corrected chi connectivity index (χ0v) is 14.6. The Morgan fingerprint density at radius 3 is 2.52 bits per heavy atom. The lowest BCUT2D eigenvalue weighted by molar-refractivity contribution is 0.0636. The highest BCUT2D eigenvalue weighted by molar-refractivity contribution is 5.85. The molecule has 5 heteroatoms. The number of hydrogen-bond donors (Lipinski definition) is 2. The van der Waals surface area contributed by atoms with Crippen molar-refractivity contribution in [2.24, 2.45) is 5.73 Å². The highest BCUT2D eigenvalue weighted by Crippen LogP contribution is 2.49. The molecule has 0 spiro atoms. The number of benzene rings is 1. The lowest BCUT2D eigenvalue weighted by Gasteiger charge is -2.43. The number of carbonyl (C=O) groups is 1. The van der Waals surface area contributed by atoms with Crippen LogP contribution in [0.15, 0.2) is 18.2 Å². The number of nitrogens with two attached hydrogens (primary N) is 1. The van der Waals surface area contributed by atoms with Crippen LogP contribution in [0.5, 0.6) is 5.75 Å². The van der Waals surface area contributed by atoms with Gasteiger partial charge in [0.05, 0.1) is 7.11 Å². The molecule has 128 valence electrons. The van der Waals surface area contributed by atoms with Crippen molar-refractivity contribution in [1.29, 1.82) is 0 Å². The number of amides is 1. The summed E-state index contributed by atoms with van der Waals surface area (Å²) in [6, 6.07) is 5.73. The first-order valence-electron chi connectivity index (χ1n) is 8.18. The van der Waals surface area contributed by atoms with Crippen LogP contribution >= 0.6 is 0 Å². The molecule has 0 aliphatic heterocycles. The molecule has 0 heterocycles. The van der Waals surface area contributed by atoms with Crippen LogP contribution in [0.3, 0.4) is 0 Å². The zero-order chi connectivity index (χ0) is 17.1. The molecule has 0 aromatic heterocycles. The first-order chi connectivity index (χ1) is 10.8. The molecule has 23 heavy (non-hydrogen) atoms. The second kappa shape index (κ2) is 6.79. The summed E-state index contributed by atoms with van der Waals surface area (Å²) in [5.41, 5.74) is 7.22. The fraction of sp³-hybridized carbons (Fsp3) is 0.611. The van der Waals surface area contributed by atoms with Crippen molar-refractivity contribution in [1.82, 2.24) is 0 Å². The lowest BCUT2D eigenvalue weighted by Crippen LogP contribution is -2.37. The number of anilines is 1. The lowest BCUT2D eigenvalue weighted by atomic mass is 9.62. The summed E-state index contributed by atoms with van der Waals surface area (Å²) in [5, 5.41) is 2.80. The molecule has 0 bridgehead atoms. The highest BCUT2D eigenvalue weighted by atomic mass is 16.6. The molecule has 2 rings (SSSR count). The molecule has 1 aromatic rings. The van der Waals surface area contributed by atoms with Gasteiger partial charge in [0.2, 0.25) is 0 Å². The minimum atomic E-state index is -0.520. The van der Waals surface area contributed by atoms with Crippen LogP contribution < -0.4 is 15.8 Å². The highest BCUT2D eigenvalue weighted by Gasteiger charge is 2.40. The molecule has 1 aliphatic rings. The Balaban J connectivity index is 2.24. The van der Waals surface area contributed by atoms with Crippen molar-refractivity contribution in [2.75, 3.05) is 19.0 Å². The van der Waals surface area contributed by atoms with Gasteiger partial charge in [0.15, 0.2) is 0 Å². The molecule has 3 N–H and O–H groups in total. The third kappa shape index (κ3) is 4.16. The second-order valence-electron chi connectivity index (χ2n) is 7.21. The van der Waals surface area contributed by atoms with E-state index in [1.807, 2.05) is 39.0 Å². The molecular weight excluding hydrogens is 292 g/mol. The summed E-state index contributed by atoms with van der Waals surface area (Å²) in [6.45, 7) is 6.18. The number of hydrogen-bond acceptors (Lipinski definition) is 4. The van der Waals surface area contributed by atoms with Gasteiger partial charge >= 0.3 is 6.09 Å². The molecule has 5 nitrogen and oxygen atoms in total. The summed E-state index contributed by atoms with van der Waals surface area (Å²) in [5.74, 6) is 0.855. The molecule has 1 amide bonds. The van der Waals surface area contributed by atoms with Gasteiger partial charge in [0.25, 0.3) is 0 Å². The number of methoxy groups -OCH3 is 1. The first kappa shape index (κ1) is 17.6. The maximum absolute atomic E-state index is 12.0. The minimum absolute atomic E-state index is 0.0751. The van der Waals surface area contributed by atoms with E-state index in [9.17, 15) is 4.79 Å². The van der Waals surface area contributed by atoms with Crippen LogP contribution in [0.2, 0.25) is 0 Å². The van der Waals surface area contributed by atoms with E-state index >= 15 is 0 Å². The van der Waals surface area contributed by atoms with Crippen LogP contribution in [-0.2, 0) is 10.2 Å². The van der Waals surface area contributed by atoms with Crippen LogP contribution in [-0.4, -0.2) is 25.3 Å². The van der Waals surface area contributed by atoms with Crippen LogP contribution in [0.25, 0.3) is 0 Å². The quantitative estimate of drug-likeness (QED) is 0.865. The predicted octanol–water partition coefficient (Wildman–Crippen LogP) is 3.81. The van der Waals surface area contributed by atoms with Crippen LogP contribution in [0.1, 0.15) is 52.0 Å². The van der Waals surface area contributed by atoms with Gasteiger partial charge in [0.1, 0.15) is 11.4 Å². The predicted molar refractivity (Wildman–Crippen MR) is 92.1 cm³/mol. The summed E-state index contributed by atoms with van der Waals surface area (Å²) in [4.78, 5) is 12.0. The fourth-order valence-corrected chi connectivity index (χ4v) is 3.16. The molecule has 0 atom stereocenters. The Bertz CT molecular complexity index is 560. The number of nitrogens with one attached hydrogen (secondary N) is 1. The Morgan fingerprint density at radius 1 is 1.35 bits per heavy atom. The first-order valence-corrected chi connectivity index (χ1v) is 8.18. The molecule has 0 saturated heterocycles. The van der Waals surface area contributed by atoms with E-state index in [0.29, 0.717) is 6.54 Å². The van der Waals surface area contributed by atoms with E-state index in [2.05, 4.69) is 5.32 Å². The molecule has 1 saturated carbocycles. The Labute approximate surface area is 138 Å². The average Bonchev–Trinajstić information content (AvgIpc) is 2.40. The van der Waals surface area contributed by atoms with Gasteiger partial charge in [-0.05, 0) is 64.8 Å². The van der Waals surface area contributed by atoms with E-state index in [-0.39, 0.29) is 5.41 Å². The van der Waals surface area contributed by atoms with Crippen LogP contribution in [0, 0.1) is 0 Å². The summed E-state index contributed by atoms with van der Waals surface area (Å²) in [7, 11) is 1.68. The van der Waals surface area contributed by atoms with E-state index in [4.69, 9.17) is 15.2 Å². The van der Waals surface area contributed by atoms with Gasteiger partial charge in [-0.15, -0.1) is 0 Å². The molecule has 1 aromatic carbocycles. The molecule has 1 aliphatic carbocycles. The monoisotopic (exact) mass is 320 g/mol. The smallest absolute Gasteiger partial charge is 0.412 e. The van der Waals surface area contributed by atoms with Gasteiger partial charge in [-0.3, -0.25) is 5.32 Å². The van der Waals surface area contributed by atoms with E-state index in [1.165, 1.54) is 6.42 Å². The van der Waals surface area contributed by atoms with Gasteiger partial charge in [-0.25, -0.2) is 4.79 Å². The summed E-state index contributed by atoms with van der Waals surface area (Å²) < 4.78 is 10.8. The third-order valence-corrected chi connectivity index (χ3v) is 4.35. The molecule has 0 radical (unpaired) electrons. The SMILES string of the molecule is COc1ccc(NC(=O)OC(C)(C)C)cc1C1(CCN)CCC1. The molecular formula is C18H28N2O3. The van der Waals surface area contributed by atoms with Gasteiger partial charge in [0, 0.05) is 16.7 Å². The maximum atomic E-state index is 12.0. The van der Waals surface area contributed by atoms with Crippen molar-refractivity contribution >= 4 is 11.8 Å². The van der Waals surface area contributed by atoms with Crippen LogP contribution in [0.4, 0.5) is 10.5 Å². The van der Waals surface area contributed by atoms with Crippen molar-refractivity contribution in [3.63, 3.8) is 0 Å². The standard InChI is InChI=1S/C18H28N2O3/c1-17(2,3)23-16(21)20-13-6-7-15(22-4)14(12-13)18(10-11-19)8-5-9-18/h6-7,12H,5,8-11,19H2,1-4H3,(H,20,21). The van der Waals surface area contributed by atoms with Crippen molar-refractivity contribution in [2.45, 2.75) is 57.5 Å². The van der Waals surface area contributed by atoms with Gasteiger partial charge in [-0.2, -0.15) is 0 Å². The van der Waals surface area contributed by atoms with Crippen molar-refractivity contribution in [3.05, 3.63) is 23.8 Å².